The molecule has 1 saturated heterocycles. The van der Waals surface area contributed by atoms with E-state index in [1.807, 2.05) is 19.9 Å². The molecule has 1 aromatic rings. The first-order chi connectivity index (χ1) is 10.9. The molecule has 7 heteroatoms. The minimum Gasteiger partial charge on any atom is -0.454 e. The molecule has 3 rings (SSSR count). The van der Waals surface area contributed by atoms with Gasteiger partial charge >= 0.3 is 0 Å². The molecule has 1 aromatic carbocycles. The minimum absolute atomic E-state index is 0.00861. The predicted molar refractivity (Wildman–Crippen MR) is 87.6 cm³/mol. The number of benzene rings is 1. The average molecular weight is 340 g/mol. The van der Waals surface area contributed by atoms with E-state index in [0.29, 0.717) is 36.0 Å². The molecule has 1 fully saturated rings. The number of fused-ring (bicyclic) bond motifs is 1. The smallest absolute Gasteiger partial charge is 0.237 e. The Kier molecular flexibility index (Phi) is 4.66. The summed E-state index contributed by atoms with van der Waals surface area (Å²) in [5, 5.41) is 3.57. The van der Waals surface area contributed by atoms with Gasteiger partial charge in [-0.1, -0.05) is 11.6 Å². The summed E-state index contributed by atoms with van der Waals surface area (Å²) in [7, 11) is 0. The highest BCUT2D eigenvalue weighted by Gasteiger charge is 2.35. The van der Waals surface area contributed by atoms with Gasteiger partial charge in [0.05, 0.1) is 6.04 Å². The molecule has 2 atom stereocenters. The fourth-order valence-corrected chi connectivity index (χ4v) is 3.28. The van der Waals surface area contributed by atoms with Crippen molar-refractivity contribution < 1.29 is 14.3 Å². The molecule has 0 aromatic heterocycles. The predicted octanol–water partition coefficient (Wildman–Crippen LogP) is 1.49. The first-order valence-corrected chi connectivity index (χ1v) is 8.20. The summed E-state index contributed by atoms with van der Waals surface area (Å²) in [6.07, 6.45) is 0.653. The maximum Gasteiger partial charge on any atom is 0.237 e. The molecule has 0 aliphatic carbocycles. The Labute approximate surface area is 140 Å². The van der Waals surface area contributed by atoms with Crippen LogP contribution >= 0.6 is 11.6 Å². The number of hydrogen-bond donors (Lipinski definition) is 2. The molecule has 23 heavy (non-hydrogen) atoms. The molecule has 0 spiro atoms. The van der Waals surface area contributed by atoms with Gasteiger partial charge < -0.3 is 20.5 Å². The first kappa shape index (κ1) is 16.4. The second-order valence-electron chi connectivity index (χ2n) is 6.40. The van der Waals surface area contributed by atoms with Gasteiger partial charge in [0, 0.05) is 36.3 Å². The van der Waals surface area contributed by atoms with E-state index < -0.39 is 0 Å². The van der Waals surface area contributed by atoms with E-state index in [1.165, 1.54) is 0 Å². The maximum absolute atomic E-state index is 12.4. The van der Waals surface area contributed by atoms with Crippen LogP contribution in [0.15, 0.2) is 12.1 Å². The van der Waals surface area contributed by atoms with E-state index >= 15 is 0 Å². The highest BCUT2D eigenvalue weighted by Crippen LogP contribution is 2.37. The Morgan fingerprint density at radius 3 is 2.83 bits per heavy atom. The van der Waals surface area contributed by atoms with Gasteiger partial charge in [-0.3, -0.25) is 9.69 Å². The van der Waals surface area contributed by atoms with Crippen molar-refractivity contribution in [2.75, 3.05) is 13.3 Å². The fraction of sp³-hybridized carbons (Fsp3) is 0.562. The molecule has 0 saturated carbocycles. The number of likely N-dealkylation sites (tertiary alicyclic amines) is 1. The molecule has 1 amide bonds. The number of carbonyl (C=O) groups excluding carboxylic acids is 1. The van der Waals surface area contributed by atoms with E-state index in [-0.39, 0.29) is 30.8 Å². The van der Waals surface area contributed by atoms with Gasteiger partial charge in [0.2, 0.25) is 12.7 Å². The third-order valence-corrected chi connectivity index (χ3v) is 4.44. The number of nitrogens with zero attached hydrogens (tertiary/aromatic N) is 1. The normalized spacial score (nSPS) is 23.5. The van der Waals surface area contributed by atoms with Crippen molar-refractivity contribution in [1.29, 1.82) is 0 Å². The number of ether oxygens (including phenoxy) is 2. The zero-order valence-corrected chi connectivity index (χ0v) is 14.1. The third kappa shape index (κ3) is 3.54. The van der Waals surface area contributed by atoms with Gasteiger partial charge in [0.25, 0.3) is 0 Å². The lowest BCUT2D eigenvalue weighted by Crippen LogP contribution is -2.45. The van der Waals surface area contributed by atoms with Crippen molar-refractivity contribution >= 4 is 17.5 Å². The number of nitrogens with two attached hydrogens (primary N) is 1. The second kappa shape index (κ2) is 6.55. The number of halogens is 1. The number of amides is 1. The van der Waals surface area contributed by atoms with E-state index in [0.717, 1.165) is 5.56 Å². The van der Waals surface area contributed by atoms with Gasteiger partial charge in [-0.15, -0.1) is 0 Å². The molecular weight excluding hydrogens is 318 g/mol. The molecule has 2 heterocycles. The SMILES string of the molecule is CC(C)NC(=O)[C@@H]1C[C@H](N)CN1Cc1cc2c(cc1Cl)OCO2. The zero-order chi connectivity index (χ0) is 16.6. The minimum atomic E-state index is -0.228. The van der Waals surface area contributed by atoms with Gasteiger partial charge in [0.15, 0.2) is 11.5 Å². The van der Waals surface area contributed by atoms with Gasteiger partial charge in [-0.25, -0.2) is 0 Å². The molecule has 126 valence electrons. The maximum atomic E-state index is 12.4. The van der Waals surface area contributed by atoms with Crippen molar-refractivity contribution in [1.82, 2.24) is 10.2 Å². The first-order valence-electron chi connectivity index (χ1n) is 7.82. The molecule has 0 radical (unpaired) electrons. The molecule has 6 nitrogen and oxygen atoms in total. The summed E-state index contributed by atoms with van der Waals surface area (Å²) < 4.78 is 10.7. The van der Waals surface area contributed by atoms with Gasteiger partial charge in [-0.2, -0.15) is 0 Å². The molecule has 3 N–H and O–H groups in total. The highest BCUT2D eigenvalue weighted by atomic mass is 35.5. The summed E-state index contributed by atoms with van der Waals surface area (Å²) in [6, 6.07) is 3.51. The number of rotatable bonds is 4. The summed E-state index contributed by atoms with van der Waals surface area (Å²) in [6.45, 7) is 5.33. The molecule has 0 unspecified atom stereocenters. The van der Waals surface area contributed by atoms with Crippen LogP contribution in [0.25, 0.3) is 0 Å². The van der Waals surface area contributed by atoms with Crippen LogP contribution in [0.2, 0.25) is 5.02 Å². The number of carbonyl (C=O) groups is 1. The zero-order valence-electron chi connectivity index (χ0n) is 13.3. The summed E-state index contributed by atoms with van der Waals surface area (Å²) >= 11 is 6.34. The molecule has 2 aliphatic heterocycles. The topological polar surface area (TPSA) is 76.8 Å². The van der Waals surface area contributed by atoms with E-state index in [9.17, 15) is 4.79 Å². The highest BCUT2D eigenvalue weighted by molar-refractivity contribution is 6.31. The fourth-order valence-electron chi connectivity index (χ4n) is 3.07. The second-order valence-corrected chi connectivity index (χ2v) is 6.81. The van der Waals surface area contributed by atoms with E-state index in [4.69, 9.17) is 26.8 Å². The quantitative estimate of drug-likeness (QED) is 0.869. The van der Waals surface area contributed by atoms with Crippen molar-refractivity contribution in [3.05, 3.63) is 22.7 Å². The van der Waals surface area contributed by atoms with Gasteiger partial charge in [0.1, 0.15) is 0 Å². The number of nitrogens with one attached hydrogen (secondary N) is 1. The van der Waals surface area contributed by atoms with Gasteiger partial charge in [-0.05, 0) is 31.9 Å². The van der Waals surface area contributed by atoms with Crippen molar-refractivity contribution in [2.45, 2.75) is 44.9 Å². The lowest BCUT2D eigenvalue weighted by Gasteiger charge is -2.25. The largest absolute Gasteiger partial charge is 0.454 e. The van der Waals surface area contributed by atoms with Crippen molar-refractivity contribution in [3.8, 4) is 11.5 Å². The standard InChI is InChI=1S/C16H22ClN3O3/c1-9(2)19-16(21)13-4-11(18)7-20(13)6-10-3-14-15(5-12(10)17)23-8-22-14/h3,5,9,11,13H,4,6-8,18H2,1-2H3,(H,19,21)/t11-,13-/m0/s1. The van der Waals surface area contributed by atoms with Crippen LogP contribution in [0.1, 0.15) is 25.8 Å². The van der Waals surface area contributed by atoms with Crippen LogP contribution in [-0.4, -0.2) is 42.3 Å². The Hall–Kier alpha value is -1.50. The Morgan fingerprint density at radius 2 is 2.13 bits per heavy atom. The molecule has 2 aliphatic rings. The van der Waals surface area contributed by atoms with Crippen LogP contribution in [0.3, 0.4) is 0 Å². The Bertz CT molecular complexity index is 608. The molecule has 0 bridgehead atoms. The monoisotopic (exact) mass is 339 g/mol. The van der Waals surface area contributed by atoms with E-state index in [2.05, 4.69) is 10.2 Å². The summed E-state index contributed by atoms with van der Waals surface area (Å²) in [5.41, 5.74) is 6.98. The lowest BCUT2D eigenvalue weighted by molar-refractivity contribution is -0.126. The van der Waals surface area contributed by atoms with Crippen LogP contribution in [0.4, 0.5) is 0 Å². The molecular formula is C16H22ClN3O3. The van der Waals surface area contributed by atoms with Crippen LogP contribution in [0, 0.1) is 0 Å². The van der Waals surface area contributed by atoms with Crippen LogP contribution < -0.4 is 20.5 Å². The number of hydrogen-bond acceptors (Lipinski definition) is 5. The average Bonchev–Trinajstić information content (AvgIpc) is 3.04. The van der Waals surface area contributed by atoms with Crippen LogP contribution in [-0.2, 0) is 11.3 Å². The van der Waals surface area contributed by atoms with Crippen LogP contribution in [0.5, 0.6) is 11.5 Å². The third-order valence-electron chi connectivity index (χ3n) is 4.08. The van der Waals surface area contributed by atoms with Crippen molar-refractivity contribution in [2.24, 2.45) is 5.73 Å². The Morgan fingerprint density at radius 1 is 1.43 bits per heavy atom. The van der Waals surface area contributed by atoms with Crippen molar-refractivity contribution in [3.63, 3.8) is 0 Å². The Balaban J connectivity index is 1.76. The van der Waals surface area contributed by atoms with E-state index in [1.54, 1.807) is 6.07 Å². The summed E-state index contributed by atoms with van der Waals surface area (Å²) in [4.78, 5) is 14.5. The lowest BCUT2D eigenvalue weighted by atomic mass is 10.1. The summed E-state index contributed by atoms with van der Waals surface area (Å²) in [5.74, 6) is 1.37.